The van der Waals surface area contributed by atoms with E-state index < -0.39 is 0 Å². The summed E-state index contributed by atoms with van der Waals surface area (Å²) in [5.74, 6) is 1.12. The molecule has 2 heterocycles. The van der Waals surface area contributed by atoms with Crippen LogP contribution >= 0.6 is 15.9 Å². The van der Waals surface area contributed by atoms with Gasteiger partial charge >= 0.3 is 0 Å². The Morgan fingerprint density at radius 3 is 3.11 bits per heavy atom. The minimum atomic E-state index is 0.235. The molecule has 18 heavy (non-hydrogen) atoms. The number of rotatable bonds is 3. The maximum atomic E-state index is 11.6. The van der Waals surface area contributed by atoms with Crippen molar-refractivity contribution in [1.82, 2.24) is 9.88 Å². The Morgan fingerprint density at radius 2 is 2.44 bits per heavy atom. The van der Waals surface area contributed by atoms with Gasteiger partial charge in [-0.2, -0.15) is 0 Å². The van der Waals surface area contributed by atoms with Crippen LogP contribution in [0.4, 0.5) is 5.82 Å². The van der Waals surface area contributed by atoms with Gasteiger partial charge in [0.2, 0.25) is 5.91 Å². The standard InChI is InChI=1S/C13H18BrN3O/c1-3-13(18)17-5-4-10(8-17)16-12-6-9(2)11(14)7-15-12/h6-7,10H,3-5,8H2,1-2H3,(H,15,16). The smallest absolute Gasteiger partial charge is 0.222 e. The van der Waals surface area contributed by atoms with Gasteiger partial charge in [-0.05, 0) is 40.9 Å². The van der Waals surface area contributed by atoms with Crippen LogP contribution in [0.3, 0.4) is 0 Å². The Bertz CT molecular complexity index is 450. The highest BCUT2D eigenvalue weighted by Crippen LogP contribution is 2.20. The van der Waals surface area contributed by atoms with E-state index in [0.717, 1.165) is 35.4 Å². The number of aryl methyl sites for hydroxylation is 1. The first-order valence-electron chi connectivity index (χ1n) is 6.26. The summed E-state index contributed by atoms with van der Waals surface area (Å²) in [6.07, 6.45) is 3.38. The van der Waals surface area contributed by atoms with Crippen LogP contribution in [-0.2, 0) is 4.79 Å². The third kappa shape index (κ3) is 3.02. The molecule has 1 aliphatic heterocycles. The number of halogens is 1. The number of hydrogen-bond acceptors (Lipinski definition) is 3. The van der Waals surface area contributed by atoms with Gasteiger partial charge in [0.1, 0.15) is 5.82 Å². The predicted molar refractivity (Wildman–Crippen MR) is 75.6 cm³/mol. The quantitative estimate of drug-likeness (QED) is 0.933. The average Bonchev–Trinajstić information content (AvgIpc) is 2.81. The molecule has 0 spiro atoms. The maximum absolute atomic E-state index is 11.6. The van der Waals surface area contributed by atoms with Crippen molar-refractivity contribution in [2.45, 2.75) is 32.7 Å². The number of hydrogen-bond donors (Lipinski definition) is 1. The van der Waals surface area contributed by atoms with Crippen molar-refractivity contribution in [3.05, 3.63) is 22.3 Å². The predicted octanol–water partition coefficient (Wildman–Crippen LogP) is 2.58. The fourth-order valence-electron chi connectivity index (χ4n) is 2.16. The summed E-state index contributed by atoms with van der Waals surface area (Å²) in [6, 6.07) is 2.34. The second-order valence-electron chi connectivity index (χ2n) is 4.64. The van der Waals surface area contributed by atoms with E-state index in [1.807, 2.05) is 31.0 Å². The van der Waals surface area contributed by atoms with Gasteiger partial charge in [0, 0.05) is 36.2 Å². The van der Waals surface area contributed by atoms with E-state index in [1.54, 1.807) is 0 Å². The molecule has 0 aromatic carbocycles. The van der Waals surface area contributed by atoms with Crippen molar-refractivity contribution in [2.24, 2.45) is 0 Å². The van der Waals surface area contributed by atoms with Crippen LogP contribution in [0.25, 0.3) is 0 Å². The number of anilines is 1. The summed E-state index contributed by atoms with van der Waals surface area (Å²) >= 11 is 3.44. The molecular weight excluding hydrogens is 294 g/mol. The zero-order chi connectivity index (χ0) is 13.1. The van der Waals surface area contributed by atoms with E-state index in [1.165, 1.54) is 0 Å². The molecule has 0 bridgehead atoms. The van der Waals surface area contributed by atoms with Crippen molar-refractivity contribution in [1.29, 1.82) is 0 Å². The maximum Gasteiger partial charge on any atom is 0.222 e. The van der Waals surface area contributed by atoms with Crippen LogP contribution in [0, 0.1) is 6.92 Å². The number of aromatic nitrogens is 1. The lowest BCUT2D eigenvalue weighted by Gasteiger charge is -2.16. The molecule has 1 unspecified atom stereocenters. The lowest BCUT2D eigenvalue weighted by molar-refractivity contribution is -0.129. The Labute approximate surface area is 116 Å². The van der Waals surface area contributed by atoms with Gasteiger partial charge in [0.15, 0.2) is 0 Å². The summed E-state index contributed by atoms with van der Waals surface area (Å²) in [5.41, 5.74) is 1.16. The third-order valence-electron chi connectivity index (χ3n) is 3.24. The van der Waals surface area contributed by atoms with Gasteiger partial charge in [-0.1, -0.05) is 6.92 Å². The average molecular weight is 312 g/mol. The molecule has 0 saturated carbocycles. The first kappa shape index (κ1) is 13.3. The first-order chi connectivity index (χ1) is 8.60. The zero-order valence-corrected chi connectivity index (χ0v) is 12.3. The van der Waals surface area contributed by atoms with E-state index >= 15 is 0 Å². The van der Waals surface area contributed by atoms with Crippen molar-refractivity contribution in [2.75, 3.05) is 18.4 Å². The molecule has 1 N–H and O–H groups in total. The molecule has 0 aliphatic carbocycles. The van der Waals surface area contributed by atoms with Gasteiger partial charge in [-0.3, -0.25) is 4.79 Å². The van der Waals surface area contributed by atoms with E-state index in [2.05, 4.69) is 26.2 Å². The van der Waals surface area contributed by atoms with Gasteiger partial charge in [0.05, 0.1) is 0 Å². The normalized spacial score (nSPS) is 19.1. The Hall–Kier alpha value is -1.10. The van der Waals surface area contributed by atoms with Crippen LogP contribution in [-0.4, -0.2) is 34.9 Å². The molecule has 98 valence electrons. The number of carbonyl (C=O) groups is 1. The van der Waals surface area contributed by atoms with Crippen molar-refractivity contribution >= 4 is 27.7 Å². The number of nitrogens with zero attached hydrogens (tertiary/aromatic N) is 2. The molecule has 5 heteroatoms. The fourth-order valence-corrected chi connectivity index (χ4v) is 2.37. The summed E-state index contributed by atoms with van der Waals surface area (Å²) < 4.78 is 1.02. The highest BCUT2D eigenvalue weighted by atomic mass is 79.9. The number of nitrogens with one attached hydrogen (secondary N) is 1. The van der Waals surface area contributed by atoms with Gasteiger partial charge in [-0.25, -0.2) is 4.98 Å². The number of pyridine rings is 1. The second kappa shape index (κ2) is 5.69. The Balaban J connectivity index is 1.95. The highest BCUT2D eigenvalue weighted by molar-refractivity contribution is 9.10. The van der Waals surface area contributed by atoms with Crippen LogP contribution in [0.5, 0.6) is 0 Å². The van der Waals surface area contributed by atoms with E-state index in [0.29, 0.717) is 12.5 Å². The Kier molecular flexibility index (Phi) is 4.22. The molecule has 1 amide bonds. The topological polar surface area (TPSA) is 45.2 Å². The SMILES string of the molecule is CCC(=O)N1CCC(Nc2cc(C)c(Br)cn2)C1. The fraction of sp³-hybridized carbons (Fsp3) is 0.538. The van der Waals surface area contributed by atoms with Crippen LogP contribution in [0.2, 0.25) is 0 Å². The summed E-state index contributed by atoms with van der Waals surface area (Å²) in [6.45, 7) is 5.57. The summed E-state index contributed by atoms with van der Waals surface area (Å²) in [7, 11) is 0. The highest BCUT2D eigenvalue weighted by Gasteiger charge is 2.25. The minimum absolute atomic E-state index is 0.235. The molecule has 1 fully saturated rings. The molecule has 1 aliphatic rings. The molecule has 2 rings (SSSR count). The molecule has 1 atom stereocenters. The second-order valence-corrected chi connectivity index (χ2v) is 5.50. The molecule has 4 nitrogen and oxygen atoms in total. The monoisotopic (exact) mass is 311 g/mol. The number of amides is 1. The van der Waals surface area contributed by atoms with Crippen molar-refractivity contribution in [3.63, 3.8) is 0 Å². The molecular formula is C13H18BrN3O. The van der Waals surface area contributed by atoms with Gasteiger partial charge in [0.25, 0.3) is 0 Å². The van der Waals surface area contributed by atoms with Gasteiger partial charge in [-0.15, -0.1) is 0 Å². The van der Waals surface area contributed by atoms with Crippen molar-refractivity contribution < 1.29 is 4.79 Å². The van der Waals surface area contributed by atoms with E-state index in [4.69, 9.17) is 0 Å². The first-order valence-corrected chi connectivity index (χ1v) is 7.06. The summed E-state index contributed by atoms with van der Waals surface area (Å²) in [4.78, 5) is 17.8. The summed E-state index contributed by atoms with van der Waals surface area (Å²) in [5, 5.41) is 3.39. The lowest BCUT2D eigenvalue weighted by Crippen LogP contribution is -2.31. The van der Waals surface area contributed by atoms with Crippen LogP contribution in [0.15, 0.2) is 16.7 Å². The molecule has 1 saturated heterocycles. The van der Waals surface area contributed by atoms with E-state index in [9.17, 15) is 4.79 Å². The number of carbonyl (C=O) groups excluding carboxylic acids is 1. The van der Waals surface area contributed by atoms with Crippen LogP contribution in [0.1, 0.15) is 25.3 Å². The van der Waals surface area contributed by atoms with Crippen LogP contribution < -0.4 is 5.32 Å². The van der Waals surface area contributed by atoms with Crippen molar-refractivity contribution in [3.8, 4) is 0 Å². The lowest BCUT2D eigenvalue weighted by atomic mass is 10.2. The van der Waals surface area contributed by atoms with Gasteiger partial charge < -0.3 is 10.2 Å². The largest absolute Gasteiger partial charge is 0.365 e. The van der Waals surface area contributed by atoms with E-state index in [-0.39, 0.29) is 5.91 Å². The molecule has 1 aromatic rings. The third-order valence-corrected chi connectivity index (χ3v) is 4.07. The molecule has 1 aromatic heterocycles. The zero-order valence-electron chi connectivity index (χ0n) is 10.7. The molecule has 0 radical (unpaired) electrons. The Morgan fingerprint density at radius 1 is 1.67 bits per heavy atom. The minimum Gasteiger partial charge on any atom is -0.365 e. The number of likely N-dealkylation sites (tertiary alicyclic amines) is 1.